The summed E-state index contributed by atoms with van der Waals surface area (Å²) in [5, 5.41) is 15.6. The third kappa shape index (κ3) is 4.04. The Kier molecular flexibility index (Phi) is 4.70. The second kappa shape index (κ2) is 6.49. The van der Waals surface area contributed by atoms with Crippen molar-refractivity contribution in [3.63, 3.8) is 0 Å². The van der Waals surface area contributed by atoms with Crippen LogP contribution in [0.4, 0.5) is 5.13 Å². The molecule has 0 radical (unpaired) electrons. The van der Waals surface area contributed by atoms with E-state index in [-0.39, 0.29) is 18.7 Å². The molecular weight excluding hydrogens is 298 g/mol. The van der Waals surface area contributed by atoms with Gasteiger partial charge in [-0.1, -0.05) is 6.07 Å². The van der Waals surface area contributed by atoms with Crippen LogP contribution in [0.3, 0.4) is 0 Å². The summed E-state index contributed by atoms with van der Waals surface area (Å²) >= 11 is 2.68. The van der Waals surface area contributed by atoms with Crippen LogP contribution >= 0.6 is 22.7 Å². The van der Waals surface area contributed by atoms with E-state index < -0.39 is 12.0 Å². The molecule has 2 heterocycles. The van der Waals surface area contributed by atoms with Crippen molar-refractivity contribution in [2.45, 2.75) is 18.9 Å². The number of hydrogen-bond donors (Lipinski definition) is 3. The highest BCUT2D eigenvalue weighted by atomic mass is 32.1. The molecule has 0 saturated heterocycles. The number of aromatic nitrogens is 1. The van der Waals surface area contributed by atoms with E-state index in [2.05, 4.69) is 10.3 Å². The number of aliphatic carboxylic acids is 1. The maximum atomic E-state index is 11.9. The van der Waals surface area contributed by atoms with Gasteiger partial charge in [-0.2, -0.15) is 0 Å². The van der Waals surface area contributed by atoms with Gasteiger partial charge < -0.3 is 16.2 Å². The first-order valence-electron chi connectivity index (χ1n) is 5.79. The summed E-state index contributed by atoms with van der Waals surface area (Å²) in [6, 6.07) is 3.11. The number of nitrogens with one attached hydrogen (secondary N) is 1. The van der Waals surface area contributed by atoms with Crippen LogP contribution < -0.4 is 11.1 Å². The van der Waals surface area contributed by atoms with E-state index in [4.69, 9.17) is 10.8 Å². The maximum absolute atomic E-state index is 11.9. The van der Waals surface area contributed by atoms with Gasteiger partial charge in [-0.3, -0.25) is 9.59 Å². The lowest BCUT2D eigenvalue weighted by molar-refractivity contribution is -0.137. The first kappa shape index (κ1) is 14.5. The summed E-state index contributed by atoms with van der Waals surface area (Å²) in [4.78, 5) is 27.6. The van der Waals surface area contributed by atoms with Gasteiger partial charge in [0.15, 0.2) is 5.13 Å². The van der Waals surface area contributed by atoms with Crippen LogP contribution in [0.2, 0.25) is 0 Å². The number of nitrogen functional groups attached to an aromatic ring is 1. The highest BCUT2D eigenvalue weighted by Gasteiger charge is 2.19. The number of carbonyl (C=O) groups is 2. The van der Waals surface area contributed by atoms with E-state index in [1.54, 1.807) is 11.4 Å². The van der Waals surface area contributed by atoms with E-state index in [0.717, 1.165) is 4.88 Å². The van der Waals surface area contributed by atoms with Gasteiger partial charge in [0, 0.05) is 10.3 Å². The van der Waals surface area contributed by atoms with Crippen LogP contribution in [0.1, 0.15) is 23.0 Å². The molecule has 2 aromatic rings. The quantitative estimate of drug-likeness (QED) is 0.752. The van der Waals surface area contributed by atoms with Crippen molar-refractivity contribution < 1.29 is 14.7 Å². The van der Waals surface area contributed by atoms with Crippen LogP contribution in [-0.4, -0.2) is 22.0 Å². The number of rotatable bonds is 6. The molecule has 2 rings (SSSR count). The summed E-state index contributed by atoms with van der Waals surface area (Å²) in [6.07, 6.45) is -0.0549. The fraction of sp³-hybridized carbons (Fsp3) is 0.250. The van der Waals surface area contributed by atoms with E-state index >= 15 is 0 Å². The number of nitrogens with zero attached hydrogens (tertiary/aromatic N) is 1. The second-order valence-electron chi connectivity index (χ2n) is 4.09. The highest BCUT2D eigenvalue weighted by Crippen LogP contribution is 2.22. The number of carboxylic acid groups (broad SMARTS) is 1. The smallest absolute Gasteiger partial charge is 0.305 e. The fourth-order valence-corrected chi connectivity index (χ4v) is 3.04. The maximum Gasteiger partial charge on any atom is 0.305 e. The Bertz CT molecular complexity index is 595. The molecule has 4 N–H and O–H groups in total. The van der Waals surface area contributed by atoms with Gasteiger partial charge in [-0.05, 0) is 11.4 Å². The topological polar surface area (TPSA) is 105 Å². The molecule has 0 fully saturated rings. The average Bonchev–Trinajstić information content (AvgIpc) is 2.99. The molecule has 106 valence electrons. The molecule has 0 aliphatic rings. The molecule has 20 heavy (non-hydrogen) atoms. The first-order valence-corrected chi connectivity index (χ1v) is 7.55. The Morgan fingerprint density at radius 2 is 2.25 bits per heavy atom. The summed E-state index contributed by atoms with van der Waals surface area (Å²) in [7, 11) is 0. The molecule has 0 aliphatic heterocycles. The lowest BCUT2D eigenvalue weighted by Gasteiger charge is -2.15. The molecular formula is C12H13N3O3S2. The van der Waals surface area contributed by atoms with Gasteiger partial charge in [0.05, 0.1) is 24.6 Å². The third-order valence-corrected chi connectivity index (χ3v) is 4.22. The largest absolute Gasteiger partial charge is 0.481 e. The summed E-state index contributed by atoms with van der Waals surface area (Å²) in [6.45, 7) is 0. The van der Waals surface area contributed by atoms with E-state index in [9.17, 15) is 9.59 Å². The van der Waals surface area contributed by atoms with Crippen molar-refractivity contribution in [3.8, 4) is 0 Å². The average molecular weight is 311 g/mol. The van der Waals surface area contributed by atoms with Crippen molar-refractivity contribution in [1.82, 2.24) is 10.3 Å². The number of nitrogens with two attached hydrogens (primary N) is 1. The molecule has 0 spiro atoms. The van der Waals surface area contributed by atoms with Crippen LogP contribution in [-0.2, 0) is 16.0 Å². The molecule has 6 nitrogen and oxygen atoms in total. The van der Waals surface area contributed by atoms with Crippen molar-refractivity contribution in [2.24, 2.45) is 0 Å². The summed E-state index contributed by atoms with van der Waals surface area (Å²) < 4.78 is 0. The highest BCUT2D eigenvalue weighted by molar-refractivity contribution is 7.13. The van der Waals surface area contributed by atoms with Crippen molar-refractivity contribution in [3.05, 3.63) is 33.5 Å². The Morgan fingerprint density at radius 3 is 2.80 bits per heavy atom. The summed E-state index contributed by atoms with van der Waals surface area (Å²) in [5.41, 5.74) is 6.09. The number of thiazole rings is 1. The number of amides is 1. The zero-order chi connectivity index (χ0) is 14.5. The van der Waals surface area contributed by atoms with Gasteiger partial charge in [0.25, 0.3) is 0 Å². The van der Waals surface area contributed by atoms with E-state index in [1.807, 2.05) is 11.4 Å². The summed E-state index contributed by atoms with van der Waals surface area (Å²) in [5.74, 6) is -1.23. The molecule has 0 aromatic carbocycles. The van der Waals surface area contributed by atoms with Gasteiger partial charge in [0.1, 0.15) is 0 Å². The normalized spacial score (nSPS) is 12.0. The van der Waals surface area contributed by atoms with E-state index in [0.29, 0.717) is 10.8 Å². The number of thiophene rings is 1. The fourth-order valence-electron chi connectivity index (χ4n) is 1.70. The predicted octanol–water partition coefficient (Wildman–Crippen LogP) is 1.66. The van der Waals surface area contributed by atoms with Crippen LogP contribution in [0.15, 0.2) is 22.9 Å². The van der Waals surface area contributed by atoms with Crippen LogP contribution in [0.5, 0.6) is 0 Å². The SMILES string of the molecule is Nc1nc(CC(=O)NC(CC(=O)O)c2cccs2)cs1. The van der Waals surface area contributed by atoms with Gasteiger partial charge in [0.2, 0.25) is 5.91 Å². The molecule has 0 saturated carbocycles. The number of carboxylic acids is 1. The zero-order valence-corrected chi connectivity index (χ0v) is 12.0. The minimum absolute atomic E-state index is 0.0925. The molecule has 0 bridgehead atoms. The Morgan fingerprint density at radius 1 is 1.45 bits per heavy atom. The monoisotopic (exact) mass is 311 g/mol. The zero-order valence-electron chi connectivity index (χ0n) is 10.4. The van der Waals surface area contributed by atoms with Crippen molar-refractivity contribution in [1.29, 1.82) is 0 Å². The molecule has 1 atom stereocenters. The minimum Gasteiger partial charge on any atom is -0.481 e. The molecule has 1 amide bonds. The number of carbonyl (C=O) groups excluding carboxylic acids is 1. The Labute approximate surface area is 123 Å². The van der Waals surface area contributed by atoms with Crippen molar-refractivity contribution >= 4 is 39.7 Å². The second-order valence-corrected chi connectivity index (χ2v) is 5.96. The van der Waals surface area contributed by atoms with Gasteiger partial charge >= 0.3 is 5.97 Å². The van der Waals surface area contributed by atoms with Gasteiger partial charge in [-0.15, -0.1) is 22.7 Å². The first-order chi connectivity index (χ1) is 9.54. The predicted molar refractivity (Wildman–Crippen MR) is 77.7 cm³/mol. The minimum atomic E-state index is -0.957. The molecule has 8 heteroatoms. The van der Waals surface area contributed by atoms with E-state index in [1.165, 1.54) is 22.7 Å². The molecule has 1 unspecified atom stereocenters. The third-order valence-electron chi connectivity index (χ3n) is 2.51. The lowest BCUT2D eigenvalue weighted by Crippen LogP contribution is -2.31. The molecule has 0 aliphatic carbocycles. The number of anilines is 1. The van der Waals surface area contributed by atoms with Crippen LogP contribution in [0.25, 0.3) is 0 Å². The van der Waals surface area contributed by atoms with Crippen molar-refractivity contribution in [2.75, 3.05) is 5.73 Å². The van der Waals surface area contributed by atoms with Gasteiger partial charge in [-0.25, -0.2) is 4.98 Å². The Hall–Kier alpha value is -1.93. The molecule has 2 aromatic heterocycles. The van der Waals surface area contributed by atoms with Crippen LogP contribution in [0, 0.1) is 0 Å². The standard InChI is InChI=1S/C12H13N3O3S2/c13-12-14-7(6-20-12)4-10(16)15-8(5-11(17)18)9-2-1-3-19-9/h1-3,6,8H,4-5H2,(H2,13,14)(H,15,16)(H,17,18). The number of hydrogen-bond acceptors (Lipinski definition) is 6. The lowest BCUT2D eigenvalue weighted by atomic mass is 10.1. The Balaban J connectivity index is 2.00.